The maximum Gasteiger partial charge on any atom is 0.239 e. The highest BCUT2D eigenvalue weighted by atomic mass is 16.7. The molecule has 4 atom stereocenters. The predicted molar refractivity (Wildman–Crippen MR) is 116 cm³/mol. The van der Waals surface area contributed by atoms with Gasteiger partial charge in [-0.15, -0.1) is 0 Å². The van der Waals surface area contributed by atoms with Crippen molar-refractivity contribution in [1.29, 1.82) is 0 Å². The summed E-state index contributed by atoms with van der Waals surface area (Å²) < 4.78 is 26.7. The van der Waals surface area contributed by atoms with E-state index in [0.717, 1.165) is 19.2 Å². The first-order chi connectivity index (χ1) is 16.6. The number of aromatic hydroxyl groups is 4. The van der Waals surface area contributed by atoms with Crippen LogP contribution >= 0.6 is 0 Å². The first kappa shape index (κ1) is 24.2. The highest BCUT2D eigenvalue weighted by Gasteiger charge is 2.40. The van der Waals surface area contributed by atoms with Gasteiger partial charge in [0.15, 0.2) is 28.6 Å². The molecular formula is C22H22O13. The van der Waals surface area contributed by atoms with Crippen LogP contribution in [0.3, 0.4) is 0 Å². The monoisotopic (exact) mass is 494 g/mol. The zero-order valence-corrected chi connectivity index (χ0v) is 18.3. The molecule has 0 spiro atoms. The molecule has 188 valence electrons. The molecule has 1 aromatic heterocycles. The average Bonchev–Trinajstić information content (AvgIpc) is 2.82. The molecule has 0 aliphatic carbocycles. The number of aliphatic hydroxyl groups is 3. The SMILES string of the molecule is COc1c(O)c(OC)c2oc(-c3ccc(O)c(O)c3)c(O[C@@H]3OC[C@@H](O)[C@H](O)[C@H]3O)c(=O)c2c1O. The van der Waals surface area contributed by atoms with Crippen molar-refractivity contribution >= 4 is 11.0 Å². The number of hydrogen-bond acceptors (Lipinski definition) is 13. The van der Waals surface area contributed by atoms with Crippen molar-refractivity contribution in [2.45, 2.75) is 24.6 Å². The number of rotatable bonds is 5. The van der Waals surface area contributed by atoms with Gasteiger partial charge in [-0.2, -0.15) is 0 Å². The summed E-state index contributed by atoms with van der Waals surface area (Å²) >= 11 is 0. The van der Waals surface area contributed by atoms with Gasteiger partial charge in [0.1, 0.15) is 23.7 Å². The van der Waals surface area contributed by atoms with Gasteiger partial charge in [0.25, 0.3) is 0 Å². The van der Waals surface area contributed by atoms with Crippen molar-refractivity contribution in [2.75, 3.05) is 20.8 Å². The van der Waals surface area contributed by atoms with E-state index in [1.54, 1.807) is 0 Å². The van der Waals surface area contributed by atoms with Gasteiger partial charge in [0.2, 0.25) is 34.7 Å². The summed E-state index contributed by atoms with van der Waals surface area (Å²) in [6.07, 6.45) is -6.51. The molecule has 0 radical (unpaired) electrons. The summed E-state index contributed by atoms with van der Waals surface area (Å²) in [6, 6.07) is 3.40. The summed E-state index contributed by atoms with van der Waals surface area (Å²) in [6.45, 7) is -0.433. The van der Waals surface area contributed by atoms with Crippen LogP contribution in [0.4, 0.5) is 0 Å². The third kappa shape index (κ3) is 3.89. The second-order valence-electron chi connectivity index (χ2n) is 7.63. The second kappa shape index (κ2) is 9.03. The Labute approximate surface area is 196 Å². The minimum Gasteiger partial charge on any atom is -0.504 e. The molecule has 2 heterocycles. The maximum atomic E-state index is 13.6. The quantitative estimate of drug-likeness (QED) is 0.235. The van der Waals surface area contributed by atoms with Gasteiger partial charge < -0.3 is 59.1 Å². The van der Waals surface area contributed by atoms with Crippen molar-refractivity contribution in [2.24, 2.45) is 0 Å². The Hall–Kier alpha value is -3.91. The molecule has 0 unspecified atom stereocenters. The van der Waals surface area contributed by atoms with E-state index in [4.69, 9.17) is 23.4 Å². The molecule has 1 fully saturated rings. The fourth-order valence-electron chi connectivity index (χ4n) is 3.67. The zero-order chi connectivity index (χ0) is 25.6. The number of phenolic OH excluding ortho intramolecular Hbond substituents is 4. The molecule has 1 aliphatic rings. The van der Waals surface area contributed by atoms with Crippen molar-refractivity contribution < 1.29 is 59.1 Å². The minimum atomic E-state index is -1.78. The zero-order valence-electron chi connectivity index (χ0n) is 18.3. The summed E-state index contributed by atoms with van der Waals surface area (Å²) in [7, 11) is 2.30. The summed E-state index contributed by atoms with van der Waals surface area (Å²) in [5.41, 5.74) is -1.44. The molecule has 1 saturated heterocycles. The molecule has 13 nitrogen and oxygen atoms in total. The van der Waals surface area contributed by atoms with Crippen LogP contribution in [0.15, 0.2) is 27.4 Å². The van der Waals surface area contributed by atoms with E-state index in [-0.39, 0.29) is 17.1 Å². The van der Waals surface area contributed by atoms with Gasteiger partial charge in [0, 0.05) is 5.56 Å². The number of hydrogen-bond donors (Lipinski definition) is 7. The molecule has 0 amide bonds. The van der Waals surface area contributed by atoms with E-state index in [2.05, 4.69) is 0 Å². The van der Waals surface area contributed by atoms with E-state index in [1.165, 1.54) is 13.2 Å². The number of phenols is 4. The van der Waals surface area contributed by atoms with Crippen LogP contribution in [0.25, 0.3) is 22.3 Å². The van der Waals surface area contributed by atoms with Crippen molar-refractivity contribution in [1.82, 2.24) is 0 Å². The van der Waals surface area contributed by atoms with Crippen molar-refractivity contribution in [3.05, 3.63) is 28.4 Å². The number of aliphatic hydroxyl groups excluding tert-OH is 3. The van der Waals surface area contributed by atoms with Gasteiger partial charge in [-0.25, -0.2) is 0 Å². The lowest BCUT2D eigenvalue weighted by molar-refractivity contribution is -0.242. The van der Waals surface area contributed by atoms with Crippen LogP contribution in [0.2, 0.25) is 0 Å². The second-order valence-corrected chi connectivity index (χ2v) is 7.63. The Balaban J connectivity index is 2.03. The topological polar surface area (TPSA) is 209 Å². The summed E-state index contributed by atoms with van der Waals surface area (Å²) in [5.74, 6) is -4.39. The van der Waals surface area contributed by atoms with E-state index in [0.29, 0.717) is 0 Å². The molecule has 13 heteroatoms. The highest BCUT2D eigenvalue weighted by molar-refractivity contribution is 5.96. The van der Waals surface area contributed by atoms with Crippen molar-refractivity contribution in [3.8, 4) is 51.6 Å². The minimum absolute atomic E-state index is 0.00275. The number of benzene rings is 2. The molecule has 7 N–H and O–H groups in total. The molecule has 1 aliphatic heterocycles. The van der Waals surface area contributed by atoms with E-state index >= 15 is 0 Å². The van der Waals surface area contributed by atoms with Gasteiger partial charge in [-0.1, -0.05) is 0 Å². The lowest BCUT2D eigenvalue weighted by atomic mass is 10.0. The molecule has 2 aromatic carbocycles. The van der Waals surface area contributed by atoms with Gasteiger partial charge in [0.05, 0.1) is 20.8 Å². The molecule has 0 saturated carbocycles. The van der Waals surface area contributed by atoms with Gasteiger partial charge in [-0.05, 0) is 18.2 Å². The lowest BCUT2D eigenvalue weighted by Crippen LogP contribution is -2.55. The Morgan fingerprint density at radius 1 is 0.886 bits per heavy atom. The average molecular weight is 494 g/mol. The van der Waals surface area contributed by atoms with E-state index in [9.17, 15) is 40.5 Å². The summed E-state index contributed by atoms with van der Waals surface area (Å²) in [4.78, 5) is 13.6. The third-order valence-corrected chi connectivity index (χ3v) is 5.49. The molecule has 3 aromatic rings. The van der Waals surface area contributed by atoms with Crippen LogP contribution in [-0.2, 0) is 4.74 Å². The number of methoxy groups -OCH3 is 2. The van der Waals surface area contributed by atoms with Crippen molar-refractivity contribution in [3.63, 3.8) is 0 Å². The van der Waals surface area contributed by atoms with Crippen LogP contribution in [0, 0.1) is 0 Å². The largest absolute Gasteiger partial charge is 0.504 e. The standard InChI is InChI=1S/C22H22O13/c1-31-19-13(27)11-14(28)21(35-22-15(29)12(26)10(25)6-33-22)17(7-3-4-8(23)9(24)5-7)34-18(11)20(32-2)16(19)30/h3-5,10,12,15,22-27,29-30H,6H2,1-2H3/t10-,12+,15-,22+/m1/s1. The van der Waals surface area contributed by atoms with Gasteiger partial charge >= 0.3 is 0 Å². The molecular weight excluding hydrogens is 472 g/mol. The fourth-order valence-corrected chi connectivity index (χ4v) is 3.67. The Morgan fingerprint density at radius 3 is 2.20 bits per heavy atom. The smallest absolute Gasteiger partial charge is 0.239 e. The number of fused-ring (bicyclic) bond motifs is 1. The molecule has 35 heavy (non-hydrogen) atoms. The Morgan fingerprint density at radius 2 is 1.57 bits per heavy atom. The lowest BCUT2D eigenvalue weighted by Gasteiger charge is -2.34. The third-order valence-electron chi connectivity index (χ3n) is 5.49. The summed E-state index contributed by atoms with van der Waals surface area (Å²) in [5, 5.41) is 70.1. The van der Waals surface area contributed by atoms with Gasteiger partial charge in [-0.3, -0.25) is 4.79 Å². The Kier molecular flexibility index (Phi) is 6.25. The first-order valence-electron chi connectivity index (χ1n) is 10.1. The first-order valence-corrected chi connectivity index (χ1v) is 10.1. The predicted octanol–water partition coefficient (Wildman–Crippen LogP) is 0.117. The van der Waals surface area contributed by atoms with Crippen LogP contribution < -0.4 is 19.6 Å². The molecule has 4 rings (SSSR count). The maximum absolute atomic E-state index is 13.6. The highest BCUT2D eigenvalue weighted by Crippen LogP contribution is 2.50. The normalized spacial score (nSPS) is 22.2. The Bertz CT molecular complexity index is 1330. The fraction of sp³-hybridized carbons (Fsp3) is 0.318. The van der Waals surface area contributed by atoms with Crippen LogP contribution in [-0.4, -0.2) is 81.2 Å². The number of ether oxygens (including phenoxy) is 4. The van der Waals surface area contributed by atoms with Crippen LogP contribution in [0.5, 0.6) is 40.2 Å². The van der Waals surface area contributed by atoms with E-state index < -0.39 is 82.1 Å². The van der Waals surface area contributed by atoms with E-state index in [1.807, 2.05) is 0 Å². The molecule has 0 bridgehead atoms. The van der Waals surface area contributed by atoms with Crippen LogP contribution in [0.1, 0.15) is 0 Å².